The first kappa shape index (κ1) is 12.5. The normalized spacial score (nSPS) is 20.4. The minimum absolute atomic E-state index is 0.597. The van der Waals surface area contributed by atoms with Gasteiger partial charge in [0.2, 0.25) is 0 Å². The average molecular weight is 236 g/mol. The van der Waals surface area contributed by atoms with Crippen LogP contribution in [0.15, 0.2) is 24.3 Å². The third-order valence-corrected chi connectivity index (χ3v) is 3.68. The second-order valence-electron chi connectivity index (χ2n) is 5.00. The van der Waals surface area contributed by atoms with Gasteiger partial charge in [0, 0.05) is 13.1 Å². The maximum absolute atomic E-state index is 14.7. The molecule has 0 amide bonds. The molecule has 0 unspecified atom stereocenters. The van der Waals surface area contributed by atoms with Crippen LogP contribution in [0, 0.1) is 0 Å². The van der Waals surface area contributed by atoms with E-state index in [-0.39, 0.29) is 0 Å². The van der Waals surface area contributed by atoms with Crippen LogP contribution in [0.3, 0.4) is 0 Å². The molecule has 2 N–H and O–H groups in total. The molecule has 1 aromatic carbocycles. The van der Waals surface area contributed by atoms with Gasteiger partial charge in [0.05, 0.1) is 0 Å². The number of rotatable bonds is 3. The molecule has 0 saturated carbocycles. The zero-order valence-electron chi connectivity index (χ0n) is 10.5. The number of benzene rings is 1. The highest BCUT2D eigenvalue weighted by Crippen LogP contribution is 2.36. The summed E-state index contributed by atoms with van der Waals surface area (Å²) in [6.07, 6.45) is 2.06. The molecule has 2 rings (SSSR count). The van der Waals surface area contributed by atoms with Gasteiger partial charge in [0.25, 0.3) is 0 Å². The smallest absolute Gasteiger partial charge is 0.138 e. The Morgan fingerprint density at radius 1 is 1.24 bits per heavy atom. The number of nitrogens with zero attached hydrogens (tertiary/aromatic N) is 1. The summed E-state index contributed by atoms with van der Waals surface area (Å²) < 4.78 is 14.7. The summed E-state index contributed by atoms with van der Waals surface area (Å²) in [6, 6.07) is 7.86. The molecule has 1 saturated heterocycles. The van der Waals surface area contributed by atoms with Crippen LogP contribution < -0.4 is 5.73 Å². The van der Waals surface area contributed by atoms with Gasteiger partial charge in [-0.1, -0.05) is 24.3 Å². The van der Waals surface area contributed by atoms with Crippen molar-refractivity contribution in [2.75, 3.05) is 26.7 Å². The largest absolute Gasteiger partial charge is 0.330 e. The third-order valence-electron chi connectivity index (χ3n) is 3.68. The number of hydrogen-bond acceptors (Lipinski definition) is 2. The summed E-state index contributed by atoms with van der Waals surface area (Å²) in [7, 11) is 2.05. The SMILES string of the molecule is CN1CCC(F)(c2ccc(CCN)cc2)CC1. The summed E-state index contributed by atoms with van der Waals surface area (Å²) >= 11 is 0. The molecule has 0 aliphatic carbocycles. The van der Waals surface area contributed by atoms with E-state index >= 15 is 0 Å². The predicted octanol–water partition coefficient (Wildman–Crippen LogP) is 2.08. The van der Waals surface area contributed by atoms with Gasteiger partial charge in [-0.15, -0.1) is 0 Å². The van der Waals surface area contributed by atoms with Crippen molar-refractivity contribution in [3.05, 3.63) is 35.4 Å². The lowest BCUT2D eigenvalue weighted by molar-refractivity contribution is 0.0674. The van der Waals surface area contributed by atoms with Crippen LogP contribution in [0.4, 0.5) is 4.39 Å². The molecule has 1 aromatic rings. The number of nitrogens with two attached hydrogens (primary N) is 1. The standard InChI is InChI=1S/C14H21FN2/c1-17-10-7-14(15,8-11-17)13-4-2-12(3-5-13)6-9-16/h2-5H,6-11,16H2,1H3. The number of piperidine rings is 1. The van der Waals surface area contributed by atoms with E-state index in [1.165, 1.54) is 5.56 Å². The van der Waals surface area contributed by atoms with Crippen molar-refractivity contribution in [3.63, 3.8) is 0 Å². The lowest BCUT2D eigenvalue weighted by atomic mass is 9.86. The van der Waals surface area contributed by atoms with E-state index in [9.17, 15) is 4.39 Å². The molecule has 0 aromatic heterocycles. The van der Waals surface area contributed by atoms with E-state index in [0.29, 0.717) is 19.4 Å². The van der Waals surface area contributed by atoms with Crippen LogP contribution in [0.2, 0.25) is 0 Å². The summed E-state index contributed by atoms with van der Waals surface area (Å²) in [5.41, 5.74) is 6.38. The fourth-order valence-electron chi connectivity index (χ4n) is 2.40. The lowest BCUT2D eigenvalue weighted by Gasteiger charge is -2.34. The maximum Gasteiger partial charge on any atom is 0.138 e. The molecule has 0 bridgehead atoms. The zero-order chi connectivity index (χ0) is 12.3. The molecule has 17 heavy (non-hydrogen) atoms. The maximum atomic E-state index is 14.7. The molecule has 2 nitrogen and oxygen atoms in total. The zero-order valence-corrected chi connectivity index (χ0v) is 10.5. The predicted molar refractivity (Wildman–Crippen MR) is 68.7 cm³/mol. The quantitative estimate of drug-likeness (QED) is 0.870. The minimum Gasteiger partial charge on any atom is -0.330 e. The monoisotopic (exact) mass is 236 g/mol. The number of likely N-dealkylation sites (tertiary alicyclic amines) is 1. The molecule has 1 heterocycles. The highest BCUT2D eigenvalue weighted by atomic mass is 19.1. The van der Waals surface area contributed by atoms with Gasteiger partial charge in [0.15, 0.2) is 0 Å². The van der Waals surface area contributed by atoms with Crippen LogP contribution in [-0.4, -0.2) is 31.6 Å². The molecule has 0 radical (unpaired) electrons. The minimum atomic E-state index is -1.13. The van der Waals surface area contributed by atoms with E-state index in [4.69, 9.17) is 5.73 Å². The number of halogens is 1. The van der Waals surface area contributed by atoms with E-state index in [1.54, 1.807) is 0 Å². The molecular formula is C14H21FN2. The van der Waals surface area contributed by atoms with Gasteiger partial charge in [-0.25, -0.2) is 4.39 Å². The number of alkyl halides is 1. The molecule has 1 aliphatic heterocycles. The second kappa shape index (κ2) is 5.15. The fourth-order valence-corrected chi connectivity index (χ4v) is 2.40. The molecule has 0 atom stereocenters. The van der Waals surface area contributed by atoms with Gasteiger partial charge in [-0.05, 0) is 44.0 Å². The topological polar surface area (TPSA) is 29.3 Å². The van der Waals surface area contributed by atoms with Crippen LogP contribution in [0.5, 0.6) is 0 Å². The number of hydrogen-bond donors (Lipinski definition) is 1. The average Bonchev–Trinajstić information content (AvgIpc) is 2.35. The molecule has 94 valence electrons. The molecule has 3 heteroatoms. The Morgan fingerprint density at radius 2 is 1.82 bits per heavy atom. The fraction of sp³-hybridized carbons (Fsp3) is 0.571. The Morgan fingerprint density at radius 3 is 2.35 bits per heavy atom. The van der Waals surface area contributed by atoms with Crippen LogP contribution in [-0.2, 0) is 12.1 Å². The van der Waals surface area contributed by atoms with Crippen molar-refractivity contribution in [3.8, 4) is 0 Å². The van der Waals surface area contributed by atoms with E-state index in [1.807, 2.05) is 31.3 Å². The van der Waals surface area contributed by atoms with Gasteiger partial charge < -0.3 is 10.6 Å². The lowest BCUT2D eigenvalue weighted by Crippen LogP contribution is -2.37. The first-order chi connectivity index (χ1) is 8.14. The Labute approximate surface area is 103 Å². The van der Waals surface area contributed by atoms with Gasteiger partial charge in [-0.3, -0.25) is 0 Å². The van der Waals surface area contributed by atoms with Crippen molar-refractivity contribution in [2.45, 2.75) is 24.9 Å². The van der Waals surface area contributed by atoms with Crippen molar-refractivity contribution in [1.82, 2.24) is 4.90 Å². The van der Waals surface area contributed by atoms with Crippen molar-refractivity contribution in [2.24, 2.45) is 5.73 Å². The van der Waals surface area contributed by atoms with Crippen LogP contribution >= 0.6 is 0 Å². The Hall–Kier alpha value is -0.930. The molecule has 1 aliphatic rings. The highest BCUT2D eigenvalue weighted by molar-refractivity contribution is 5.28. The summed E-state index contributed by atoms with van der Waals surface area (Å²) in [4.78, 5) is 2.18. The highest BCUT2D eigenvalue weighted by Gasteiger charge is 2.35. The Kier molecular flexibility index (Phi) is 3.79. The van der Waals surface area contributed by atoms with E-state index in [0.717, 1.165) is 25.1 Å². The molecule has 1 fully saturated rings. The van der Waals surface area contributed by atoms with Crippen molar-refractivity contribution in [1.29, 1.82) is 0 Å². The third kappa shape index (κ3) is 2.85. The first-order valence-electron chi connectivity index (χ1n) is 6.31. The van der Waals surface area contributed by atoms with E-state index < -0.39 is 5.67 Å². The summed E-state index contributed by atoms with van der Waals surface area (Å²) in [5.74, 6) is 0. The van der Waals surface area contributed by atoms with Gasteiger partial charge in [-0.2, -0.15) is 0 Å². The first-order valence-corrected chi connectivity index (χ1v) is 6.31. The van der Waals surface area contributed by atoms with Gasteiger partial charge in [0.1, 0.15) is 5.67 Å². The summed E-state index contributed by atoms with van der Waals surface area (Å²) in [6.45, 7) is 2.31. The Bertz CT molecular complexity index is 353. The molecular weight excluding hydrogens is 215 g/mol. The molecule has 0 spiro atoms. The Balaban J connectivity index is 2.10. The van der Waals surface area contributed by atoms with Crippen molar-refractivity contribution >= 4 is 0 Å². The second-order valence-corrected chi connectivity index (χ2v) is 5.00. The van der Waals surface area contributed by atoms with E-state index in [2.05, 4.69) is 4.90 Å². The van der Waals surface area contributed by atoms with Crippen LogP contribution in [0.25, 0.3) is 0 Å². The van der Waals surface area contributed by atoms with Crippen LogP contribution in [0.1, 0.15) is 24.0 Å². The van der Waals surface area contributed by atoms with Crippen molar-refractivity contribution < 1.29 is 4.39 Å². The van der Waals surface area contributed by atoms with Gasteiger partial charge >= 0.3 is 0 Å². The summed E-state index contributed by atoms with van der Waals surface area (Å²) in [5, 5.41) is 0.